The van der Waals surface area contributed by atoms with Crippen LogP contribution in [0.4, 0.5) is 5.69 Å². The molecule has 116 valence electrons. The van der Waals surface area contributed by atoms with Crippen LogP contribution in [0.3, 0.4) is 0 Å². The van der Waals surface area contributed by atoms with Crippen LogP contribution in [-0.2, 0) is 16.0 Å². The van der Waals surface area contributed by atoms with Crippen LogP contribution in [0.5, 0.6) is 0 Å². The van der Waals surface area contributed by atoms with E-state index in [-0.39, 0.29) is 5.97 Å². The number of ether oxygens (including phenoxy) is 1. The molecule has 1 aliphatic rings. The van der Waals surface area contributed by atoms with E-state index in [1.54, 1.807) is 0 Å². The zero-order chi connectivity index (χ0) is 15.1. The predicted octanol–water partition coefficient (Wildman–Crippen LogP) is 2.62. The van der Waals surface area contributed by atoms with Gasteiger partial charge in [-0.2, -0.15) is 0 Å². The third-order valence-electron chi connectivity index (χ3n) is 4.20. The van der Waals surface area contributed by atoms with Gasteiger partial charge in [0.2, 0.25) is 0 Å². The first-order valence-corrected chi connectivity index (χ1v) is 7.85. The number of carbonyl (C=O) groups is 1. The van der Waals surface area contributed by atoms with Crippen molar-refractivity contribution in [1.29, 1.82) is 0 Å². The van der Waals surface area contributed by atoms with Crippen molar-refractivity contribution < 1.29 is 9.53 Å². The molecule has 1 aromatic carbocycles. The maximum Gasteiger partial charge on any atom is 0.306 e. The molecule has 0 saturated carbocycles. The Hall–Kier alpha value is -1.55. The number of aryl methyl sites for hydroxylation is 1. The number of likely N-dealkylation sites (tertiary alicyclic amines) is 1. The Balaban J connectivity index is 1.63. The zero-order valence-electron chi connectivity index (χ0n) is 12.9. The summed E-state index contributed by atoms with van der Waals surface area (Å²) in [6.07, 6.45) is 5.85. The van der Waals surface area contributed by atoms with Crippen LogP contribution >= 0.6 is 0 Å². The number of benzene rings is 1. The maximum absolute atomic E-state index is 11.8. The van der Waals surface area contributed by atoms with Crippen molar-refractivity contribution in [1.82, 2.24) is 4.90 Å². The number of piperidine rings is 1. The monoisotopic (exact) mass is 290 g/mol. The molecule has 21 heavy (non-hydrogen) atoms. The van der Waals surface area contributed by atoms with Crippen LogP contribution in [0.2, 0.25) is 0 Å². The van der Waals surface area contributed by atoms with Crippen molar-refractivity contribution in [3.8, 4) is 0 Å². The Labute approximate surface area is 127 Å². The molecule has 2 N–H and O–H groups in total. The molecule has 1 saturated heterocycles. The lowest BCUT2D eigenvalue weighted by molar-refractivity contribution is -0.144. The van der Waals surface area contributed by atoms with Crippen LogP contribution in [0.25, 0.3) is 0 Å². The van der Waals surface area contributed by atoms with Crippen LogP contribution in [0.15, 0.2) is 24.3 Å². The van der Waals surface area contributed by atoms with Crippen molar-refractivity contribution in [3.63, 3.8) is 0 Å². The van der Waals surface area contributed by atoms with Crippen LogP contribution in [0, 0.1) is 0 Å². The second-order valence-electron chi connectivity index (χ2n) is 5.88. The summed E-state index contributed by atoms with van der Waals surface area (Å²) >= 11 is 0. The Kier molecular flexibility index (Phi) is 6.05. The Morgan fingerprint density at radius 1 is 1.43 bits per heavy atom. The lowest BCUT2D eigenvalue weighted by atomic mass is 10.0. The smallest absolute Gasteiger partial charge is 0.306 e. The van der Waals surface area contributed by atoms with Gasteiger partial charge in [0.25, 0.3) is 0 Å². The topological polar surface area (TPSA) is 55.6 Å². The third kappa shape index (κ3) is 5.38. The summed E-state index contributed by atoms with van der Waals surface area (Å²) in [5, 5.41) is 0. The maximum atomic E-state index is 11.8. The van der Waals surface area contributed by atoms with Gasteiger partial charge in [-0.05, 0) is 57.0 Å². The highest BCUT2D eigenvalue weighted by atomic mass is 16.5. The molecule has 0 aromatic heterocycles. The van der Waals surface area contributed by atoms with Gasteiger partial charge in [0, 0.05) is 18.2 Å². The van der Waals surface area contributed by atoms with E-state index in [9.17, 15) is 4.79 Å². The summed E-state index contributed by atoms with van der Waals surface area (Å²) in [5.41, 5.74) is 7.54. The molecule has 1 aliphatic heterocycles. The van der Waals surface area contributed by atoms with Crippen LogP contribution < -0.4 is 5.73 Å². The normalized spacial score (nSPS) is 19.4. The van der Waals surface area contributed by atoms with Gasteiger partial charge < -0.3 is 15.4 Å². The number of nitrogens with two attached hydrogens (primary N) is 1. The van der Waals surface area contributed by atoms with Crippen molar-refractivity contribution in [2.75, 3.05) is 25.9 Å². The minimum absolute atomic E-state index is 0.115. The van der Waals surface area contributed by atoms with Gasteiger partial charge >= 0.3 is 5.97 Å². The number of rotatable bonds is 6. The van der Waals surface area contributed by atoms with Crippen LogP contribution in [-0.4, -0.2) is 37.1 Å². The van der Waals surface area contributed by atoms with Crippen molar-refractivity contribution in [2.45, 2.75) is 44.6 Å². The van der Waals surface area contributed by atoms with Gasteiger partial charge in [-0.15, -0.1) is 0 Å². The van der Waals surface area contributed by atoms with E-state index in [1.807, 2.05) is 24.3 Å². The van der Waals surface area contributed by atoms with E-state index in [2.05, 4.69) is 11.9 Å². The minimum Gasteiger partial charge on any atom is -0.466 e. The first-order valence-electron chi connectivity index (χ1n) is 7.85. The van der Waals surface area contributed by atoms with Crippen molar-refractivity contribution in [3.05, 3.63) is 29.8 Å². The quantitative estimate of drug-likeness (QED) is 0.646. The van der Waals surface area contributed by atoms with Gasteiger partial charge in [0.1, 0.15) is 0 Å². The SMILES string of the molecule is CN1CCCCC1CCOC(=O)CCc1cccc(N)c1. The molecule has 0 spiro atoms. The molecule has 4 nitrogen and oxygen atoms in total. The second-order valence-corrected chi connectivity index (χ2v) is 5.88. The highest BCUT2D eigenvalue weighted by Gasteiger charge is 2.18. The van der Waals surface area contributed by atoms with Gasteiger partial charge in [0.15, 0.2) is 0 Å². The van der Waals surface area contributed by atoms with E-state index < -0.39 is 0 Å². The number of esters is 1. The average Bonchev–Trinajstić information content (AvgIpc) is 2.47. The average molecular weight is 290 g/mol. The molecule has 4 heteroatoms. The summed E-state index contributed by atoms with van der Waals surface area (Å²) in [6.45, 7) is 1.69. The second kappa shape index (κ2) is 8.03. The van der Waals surface area contributed by atoms with E-state index in [0.717, 1.165) is 24.2 Å². The number of hydrogen-bond donors (Lipinski definition) is 1. The fraction of sp³-hybridized carbons (Fsp3) is 0.588. The number of hydrogen-bond acceptors (Lipinski definition) is 4. The summed E-state index contributed by atoms with van der Waals surface area (Å²) < 4.78 is 5.35. The molecule has 1 fully saturated rings. The predicted molar refractivity (Wildman–Crippen MR) is 85.0 cm³/mol. The molecular weight excluding hydrogens is 264 g/mol. The van der Waals surface area contributed by atoms with E-state index in [1.165, 1.54) is 19.3 Å². The molecule has 0 amide bonds. The molecule has 0 bridgehead atoms. The Bertz CT molecular complexity index is 462. The molecule has 1 atom stereocenters. The molecule has 1 aromatic rings. The summed E-state index contributed by atoms with van der Waals surface area (Å²) in [4.78, 5) is 14.1. The van der Waals surface area contributed by atoms with Gasteiger partial charge in [-0.3, -0.25) is 4.79 Å². The Morgan fingerprint density at radius 3 is 3.05 bits per heavy atom. The zero-order valence-corrected chi connectivity index (χ0v) is 12.9. The first kappa shape index (κ1) is 15.8. The third-order valence-corrected chi connectivity index (χ3v) is 4.20. The highest BCUT2D eigenvalue weighted by Crippen LogP contribution is 2.17. The standard InChI is InChI=1S/C17H26N2O2/c1-19-11-3-2-7-16(19)10-12-21-17(20)9-8-14-5-4-6-15(18)13-14/h4-6,13,16H,2-3,7-12,18H2,1H3. The summed E-state index contributed by atoms with van der Waals surface area (Å²) in [7, 11) is 2.16. The van der Waals surface area contributed by atoms with Crippen LogP contribution in [0.1, 0.15) is 37.7 Å². The summed E-state index contributed by atoms with van der Waals surface area (Å²) in [6, 6.07) is 8.22. The van der Waals surface area contributed by atoms with E-state index in [0.29, 0.717) is 25.5 Å². The highest BCUT2D eigenvalue weighted by molar-refractivity contribution is 5.69. The molecule has 0 aliphatic carbocycles. The van der Waals surface area contributed by atoms with Gasteiger partial charge in [0.05, 0.1) is 6.61 Å². The lowest BCUT2D eigenvalue weighted by Crippen LogP contribution is -2.37. The minimum atomic E-state index is -0.115. The molecule has 1 heterocycles. The van der Waals surface area contributed by atoms with E-state index in [4.69, 9.17) is 10.5 Å². The summed E-state index contributed by atoms with van der Waals surface area (Å²) in [5.74, 6) is -0.115. The van der Waals surface area contributed by atoms with Gasteiger partial charge in [-0.1, -0.05) is 18.6 Å². The lowest BCUT2D eigenvalue weighted by Gasteiger charge is -2.32. The molecule has 2 rings (SSSR count). The van der Waals surface area contributed by atoms with E-state index >= 15 is 0 Å². The Morgan fingerprint density at radius 2 is 2.29 bits per heavy atom. The number of nitrogens with zero attached hydrogens (tertiary/aromatic N) is 1. The number of carbonyl (C=O) groups excluding carboxylic acids is 1. The first-order chi connectivity index (χ1) is 10.1. The molecule has 1 unspecified atom stereocenters. The fourth-order valence-electron chi connectivity index (χ4n) is 2.88. The van der Waals surface area contributed by atoms with Crippen molar-refractivity contribution in [2.24, 2.45) is 0 Å². The largest absolute Gasteiger partial charge is 0.466 e. The number of nitrogen functional groups attached to an aromatic ring is 1. The molecule has 0 radical (unpaired) electrons. The number of anilines is 1. The van der Waals surface area contributed by atoms with Gasteiger partial charge in [-0.25, -0.2) is 0 Å². The molecular formula is C17H26N2O2. The fourth-order valence-corrected chi connectivity index (χ4v) is 2.88. The van der Waals surface area contributed by atoms with Crippen molar-refractivity contribution >= 4 is 11.7 Å².